The number of benzene rings is 2. The molecule has 2 rings (SSSR count). The molecule has 0 aliphatic heterocycles. The van der Waals surface area contributed by atoms with Gasteiger partial charge in [-0.3, -0.25) is 15.5 Å². The molecule has 0 aliphatic carbocycles. The summed E-state index contributed by atoms with van der Waals surface area (Å²) in [5, 5.41) is 14.7. The molecule has 2 aromatic carbocycles. The van der Waals surface area contributed by atoms with E-state index in [0.29, 0.717) is 28.5 Å². The van der Waals surface area contributed by atoms with Crippen LogP contribution in [-0.2, 0) is 0 Å². The molecule has 0 aliphatic rings. The van der Waals surface area contributed by atoms with Crippen LogP contribution in [0.2, 0.25) is 0 Å². The molecule has 0 saturated heterocycles. The second-order valence-corrected chi connectivity index (χ2v) is 4.62. The van der Waals surface area contributed by atoms with E-state index in [1.165, 1.54) is 26.4 Å². The largest absolute Gasteiger partial charge is 0.496 e. The van der Waals surface area contributed by atoms with Gasteiger partial charge in [-0.1, -0.05) is 0 Å². The second kappa shape index (κ2) is 7.82. The maximum atomic E-state index is 10.6. The summed E-state index contributed by atoms with van der Waals surface area (Å²) in [6.45, 7) is 0. The molecule has 8 heteroatoms. The van der Waals surface area contributed by atoms with Gasteiger partial charge < -0.3 is 14.2 Å². The molecule has 0 atom stereocenters. The van der Waals surface area contributed by atoms with Gasteiger partial charge in [-0.05, 0) is 12.1 Å². The monoisotopic (exact) mass is 331 g/mol. The van der Waals surface area contributed by atoms with Crippen molar-refractivity contribution in [1.82, 2.24) is 0 Å². The van der Waals surface area contributed by atoms with Crippen molar-refractivity contribution in [2.75, 3.05) is 26.8 Å². The van der Waals surface area contributed by atoms with Gasteiger partial charge in [0.05, 0.1) is 43.7 Å². The first-order valence-corrected chi connectivity index (χ1v) is 6.92. The van der Waals surface area contributed by atoms with E-state index in [-0.39, 0.29) is 5.69 Å². The quantitative estimate of drug-likeness (QED) is 0.476. The molecule has 24 heavy (non-hydrogen) atoms. The summed E-state index contributed by atoms with van der Waals surface area (Å²) < 4.78 is 15.8. The number of hydrazone groups is 1. The number of nitro groups is 1. The zero-order chi connectivity index (χ0) is 17.5. The molecule has 0 aromatic heterocycles. The first-order chi connectivity index (χ1) is 11.6. The molecule has 0 spiro atoms. The van der Waals surface area contributed by atoms with E-state index >= 15 is 0 Å². The molecule has 0 unspecified atom stereocenters. The van der Waals surface area contributed by atoms with Crippen molar-refractivity contribution in [1.29, 1.82) is 0 Å². The summed E-state index contributed by atoms with van der Waals surface area (Å²) in [6.07, 6.45) is 1.54. The summed E-state index contributed by atoms with van der Waals surface area (Å²) in [4.78, 5) is 10.2. The topological polar surface area (TPSA) is 95.2 Å². The maximum absolute atomic E-state index is 10.6. The Morgan fingerprint density at radius 2 is 1.62 bits per heavy atom. The SMILES string of the molecule is COc1cc(OC)c(/C=N/Nc2ccc([N+](=O)[O-])cc2)c(OC)c1. The first kappa shape index (κ1) is 17.1. The highest BCUT2D eigenvalue weighted by atomic mass is 16.6. The molecule has 0 amide bonds. The summed E-state index contributed by atoms with van der Waals surface area (Å²) in [5.41, 5.74) is 4.06. The fraction of sp³-hybridized carbons (Fsp3) is 0.188. The standard InChI is InChI=1S/C16H17N3O5/c1-22-13-8-15(23-2)14(16(9-13)24-3)10-17-18-11-4-6-12(7-5-11)19(20)21/h4-10,18H,1-3H3/b17-10+. The maximum Gasteiger partial charge on any atom is 0.269 e. The van der Waals surface area contributed by atoms with Crippen LogP contribution in [0, 0.1) is 10.1 Å². The van der Waals surface area contributed by atoms with E-state index in [0.717, 1.165) is 0 Å². The third-order valence-electron chi connectivity index (χ3n) is 3.22. The number of hydrogen-bond donors (Lipinski definition) is 1. The number of anilines is 1. The normalized spacial score (nSPS) is 10.5. The van der Waals surface area contributed by atoms with E-state index in [9.17, 15) is 10.1 Å². The lowest BCUT2D eigenvalue weighted by molar-refractivity contribution is -0.384. The van der Waals surface area contributed by atoms with E-state index in [2.05, 4.69) is 10.5 Å². The van der Waals surface area contributed by atoms with E-state index in [1.54, 1.807) is 37.6 Å². The molecule has 1 N–H and O–H groups in total. The Morgan fingerprint density at radius 3 is 2.08 bits per heavy atom. The summed E-state index contributed by atoms with van der Waals surface area (Å²) in [5.74, 6) is 1.69. The van der Waals surface area contributed by atoms with Crippen molar-refractivity contribution in [2.24, 2.45) is 5.10 Å². The van der Waals surface area contributed by atoms with Crippen LogP contribution in [0.15, 0.2) is 41.5 Å². The summed E-state index contributed by atoms with van der Waals surface area (Å²) in [6, 6.07) is 9.36. The molecular weight excluding hydrogens is 314 g/mol. The van der Waals surface area contributed by atoms with Crippen LogP contribution >= 0.6 is 0 Å². The van der Waals surface area contributed by atoms with Gasteiger partial charge in [-0.2, -0.15) is 5.10 Å². The van der Waals surface area contributed by atoms with E-state index in [1.807, 2.05) is 0 Å². The number of nitrogens with one attached hydrogen (secondary N) is 1. The van der Waals surface area contributed by atoms with Crippen molar-refractivity contribution in [3.05, 3.63) is 52.1 Å². The Labute approximate surface area is 138 Å². The highest BCUT2D eigenvalue weighted by molar-refractivity contribution is 5.88. The molecule has 2 aromatic rings. The fourth-order valence-corrected chi connectivity index (χ4v) is 1.99. The molecule has 8 nitrogen and oxygen atoms in total. The smallest absolute Gasteiger partial charge is 0.269 e. The Balaban J connectivity index is 2.20. The minimum absolute atomic E-state index is 0.0167. The lowest BCUT2D eigenvalue weighted by atomic mass is 10.2. The minimum Gasteiger partial charge on any atom is -0.496 e. The van der Waals surface area contributed by atoms with Crippen molar-refractivity contribution >= 4 is 17.6 Å². The average molecular weight is 331 g/mol. The van der Waals surface area contributed by atoms with Gasteiger partial charge in [0.25, 0.3) is 5.69 Å². The third-order valence-corrected chi connectivity index (χ3v) is 3.22. The van der Waals surface area contributed by atoms with Gasteiger partial charge in [0, 0.05) is 24.3 Å². The van der Waals surface area contributed by atoms with Crippen LogP contribution in [0.4, 0.5) is 11.4 Å². The van der Waals surface area contributed by atoms with Gasteiger partial charge in [0.2, 0.25) is 0 Å². The fourth-order valence-electron chi connectivity index (χ4n) is 1.99. The van der Waals surface area contributed by atoms with Gasteiger partial charge in [-0.25, -0.2) is 0 Å². The number of ether oxygens (including phenoxy) is 3. The van der Waals surface area contributed by atoms with Gasteiger partial charge in [0.15, 0.2) is 0 Å². The highest BCUT2D eigenvalue weighted by Gasteiger charge is 2.11. The number of nitro benzene ring substituents is 1. The molecule has 0 saturated carbocycles. The third kappa shape index (κ3) is 3.92. The van der Waals surface area contributed by atoms with Crippen molar-refractivity contribution < 1.29 is 19.1 Å². The first-order valence-electron chi connectivity index (χ1n) is 6.92. The van der Waals surface area contributed by atoms with E-state index in [4.69, 9.17) is 14.2 Å². The van der Waals surface area contributed by atoms with Gasteiger partial charge in [0.1, 0.15) is 17.2 Å². The minimum atomic E-state index is -0.458. The second-order valence-electron chi connectivity index (χ2n) is 4.62. The molecule has 0 radical (unpaired) electrons. The number of nitrogens with zero attached hydrogens (tertiary/aromatic N) is 2. The predicted molar refractivity (Wildman–Crippen MR) is 90.4 cm³/mol. The van der Waals surface area contributed by atoms with Crippen molar-refractivity contribution in [3.8, 4) is 17.2 Å². The Morgan fingerprint density at radius 1 is 1.04 bits per heavy atom. The highest BCUT2D eigenvalue weighted by Crippen LogP contribution is 2.32. The summed E-state index contributed by atoms with van der Waals surface area (Å²) >= 11 is 0. The molecule has 0 fully saturated rings. The Bertz CT molecular complexity index is 719. The molecule has 0 bridgehead atoms. The number of methoxy groups -OCH3 is 3. The average Bonchev–Trinajstić information content (AvgIpc) is 2.61. The number of non-ortho nitro benzene ring substituents is 1. The predicted octanol–water partition coefficient (Wildman–Crippen LogP) is 3.07. The Hall–Kier alpha value is -3.29. The van der Waals surface area contributed by atoms with Gasteiger partial charge in [-0.15, -0.1) is 0 Å². The van der Waals surface area contributed by atoms with Crippen LogP contribution in [0.1, 0.15) is 5.56 Å². The lowest BCUT2D eigenvalue weighted by Crippen LogP contribution is -1.99. The van der Waals surface area contributed by atoms with Crippen molar-refractivity contribution in [3.63, 3.8) is 0 Å². The van der Waals surface area contributed by atoms with Crippen molar-refractivity contribution in [2.45, 2.75) is 0 Å². The van der Waals surface area contributed by atoms with Crippen LogP contribution in [0.3, 0.4) is 0 Å². The number of hydrogen-bond acceptors (Lipinski definition) is 7. The molecular formula is C16H17N3O5. The zero-order valence-corrected chi connectivity index (χ0v) is 13.5. The lowest BCUT2D eigenvalue weighted by Gasteiger charge is -2.12. The summed E-state index contributed by atoms with van der Waals surface area (Å²) in [7, 11) is 4.63. The number of rotatable bonds is 7. The molecule has 126 valence electrons. The van der Waals surface area contributed by atoms with Gasteiger partial charge >= 0.3 is 0 Å². The van der Waals surface area contributed by atoms with Crippen LogP contribution in [0.25, 0.3) is 0 Å². The van der Waals surface area contributed by atoms with Crippen LogP contribution in [0.5, 0.6) is 17.2 Å². The zero-order valence-electron chi connectivity index (χ0n) is 13.5. The van der Waals surface area contributed by atoms with Crippen LogP contribution < -0.4 is 19.6 Å². The Kier molecular flexibility index (Phi) is 5.56. The van der Waals surface area contributed by atoms with E-state index < -0.39 is 4.92 Å². The molecule has 0 heterocycles. The van der Waals surface area contributed by atoms with Crippen LogP contribution in [-0.4, -0.2) is 32.5 Å².